The van der Waals surface area contributed by atoms with E-state index in [2.05, 4.69) is 25.8 Å². The molecule has 1 saturated carbocycles. The minimum absolute atomic E-state index is 0.110. The molecule has 0 bridgehead atoms. The van der Waals surface area contributed by atoms with Gasteiger partial charge < -0.3 is 15.5 Å². The van der Waals surface area contributed by atoms with Gasteiger partial charge in [-0.25, -0.2) is 8.78 Å². The SMILES string of the molecule is Cc1cccc(-c2cnn(CCCCCCNC(=O)c3nn(C4CCN(C(=O)C5CC5(F)F)CC4)cc3NC=O)c2)n1. The number of amides is 3. The average molecular weight is 583 g/mol. The van der Waals surface area contributed by atoms with Crippen LogP contribution in [0.5, 0.6) is 0 Å². The van der Waals surface area contributed by atoms with E-state index in [1.54, 1.807) is 10.9 Å². The molecular weight excluding hydrogens is 546 g/mol. The fraction of sp³-hybridized carbons (Fsp3) is 0.517. The Kier molecular flexibility index (Phi) is 8.93. The van der Waals surface area contributed by atoms with Crippen LogP contribution in [0.4, 0.5) is 14.5 Å². The number of aryl methyl sites for hydroxylation is 2. The van der Waals surface area contributed by atoms with Gasteiger partial charge >= 0.3 is 0 Å². The predicted octanol–water partition coefficient (Wildman–Crippen LogP) is 3.83. The van der Waals surface area contributed by atoms with Crippen LogP contribution in [0.3, 0.4) is 0 Å². The number of carbonyl (C=O) groups excluding carboxylic acids is 3. The lowest BCUT2D eigenvalue weighted by Gasteiger charge is -2.32. The fourth-order valence-corrected chi connectivity index (χ4v) is 5.33. The van der Waals surface area contributed by atoms with Crippen LogP contribution in [-0.2, 0) is 16.1 Å². The number of aromatic nitrogens is 5. The maximum Gasteiger partial charge on any atom is 0.273 e. The van der Waals surface area contributed by atoms with Crippen molar-refractivity contribution in [3.63, 3.8) is 0 Å². The molecule has 3 aromatic rings. The smallest absolute Gasteiger partial charge is 0.273 e. The van der Waals surface area contributed by atoms with Crippen LogP contribution in [0.15, 0.2) is 36.8 Å². The van der Waals surface area contributed by atoms with E-state index >= 15 is 0 Å². The molecule has 2 aliphatic rings. The zero-order chi connectivity index (χ0) is 29.7. The predicted molar refractivity (Wildman–Crippen MR) is 151 cm³/mol. The standard InChI is InChI=1S/C29H36F2N8O3/c1-20-7-6-8-24(35-20)21-16-34-38(17-21)12-5-3-2-4-11-32-27(41)26-25(33-19-40)18-39(36-26)22-9-13-37(14-10-22)28(42)23-15-29(23,30)31/h6-8,16-19,22-23H,2-5,9-15H2,1H3,(H,32,41)(H,33,40). The Labute approximate surface area is 242 Å². The number of carbonyl (C=O) groups is 3. The minimum atomic E-state index is -2.88. The van der Waals surface area contributed by atoms with Crippen LogP contribution in [0.1, 0.15) is 67.2 Å². The van der Waals surface area contributed by atoms with Crippen LogP contribution < -0.4 is 10.6 Å². The molecule has 1 unspecified atom stereocenters. The normalized spacial score (nSPS) is 18.1. The van der Waals surface area contributed by atoms with E-state index in [9.17, 15) is 23.2 Å². The van der Waals surface area contributed by atoms with Crippen molar-refractivity contribution in [1.29, 1.82) is 0 Å². The van der Waals surface area contributed by atoms with E-state index in [0.717, 1.165) is 49.2 Å². The highest BCUT2D eigenvalue weighted by atomic mass is 19.3. The molecule has 3 aromatic heterocycles. The Bertz CT molecular complexity index is 1410. The Morgan fingerprint density at radius 3 is 2.60 bits per heavy atom. The van der Waals surface area contributed by atoms with E-state index in [-0.39, 0.29) is 24.1 Å². The molecule has 42 heavy (non-hydrogen) atoms. The summed E-state index contributed by atoms with van der Waals surface area (Å²) in [5.74, 6) is -4.94. The van der Waals surface area contributed by atoms with Gasteiger partial charge in [-0.1, -0.05) is 18.9 Å². The second kappa shape index (κ2) is 12.8. The van der Waals surface area contributed by atoms with E-state index in [0.29, 0.717) is 44.6 Å². The molecule has 1 saturated heterocycles. The number of rotatable bonds is 13. The summed E-state index contributed by atoms with van der Waals surface area (Å²) in [4.78, 5) is 42.3. The topological polar surface area (TPSA) is 127 Å². The number of likely N-dealkylation sites (tertiary alicyclic amines) is 1. The molecule has 0 radical (unpaired) electrons. The van der Waals surface area contributed by atoms with Crippen LogP contribution in [-0.4, -0.2) is 73.2 Å². The molecule has 0 aromatic carbocycles. The van der Waals surface area contributed by atoms with Crippen LogP contribution in [0.2, 0.25) is 0 Å². The number of unbranched alkanes of at least 4 members (excludes halogenated alkanes) is 3. The van der Waals surface area contributed by atoms with Gasteiger partial charge in [-0.05, 0) is 44.7 Å². The van der Waals surface area contributed by atoms with Crippen LogP contribution in [0.25, 0.3) is 11.3 Å². The first-order chi connectivity index (χ1) is 20.2. The molecule has 1 atom stereocenters. The summed E-state index contributed by atoms with van der Waals surface area (Å²) in [7, 11) is 0. The molecule has 224 valence electrons. The molecule has 13 heteroatoms. The van der Waals surface area contributed by atoms with Crippen molar-refractivity contribution in [2.75, 3.05) is 25.0 Å². The number of hydrogen-bond donors (Lipinski definition) is 2. The zero-order valence-electron chi connectivity index (χ0n) is 23.6. The first-order valence-corrected chi connectivity index (χ1v) is 14.5. The third kappa shape index (κ3) is 7.00. The fourth-order valence-electron chi connectivity index (χ4n) is 5.33. The lowest BCUT2D eigenvalue weighted by molar-refractivity contribution is -0.136. The van der Waals surface area contributed by atoms with E-state index in [1.807, 2.05) is 42.2 Å². The Morgan fingerprint density at radius 1 is 1.12 bits per heavy atom. The molecule has 3 amide bonds. The second-order valence-electron chi connectivity index (χ2n) is 11.0. The monoisotopic (exact) mass is 582 g/mol. The van der Waals surface area contributed by atoms with Crippen molar-refractivity contribution >= 4 is 23.9 Å². The van der Waals surface area contributed by atoms with Gasteiger partial charge in [-0.15, -0.1) is 0 Å². The Morgan fingerprint density at radius 2 is 1.88 bits per heavy atom. The molecule has 2 N–H and O–H groups in total. The minimum Gasteiger partial charge on any atom is -0.351 e. The number of nitrogens with one attached hydrogen (secondary N) is 2. The highest BCUT2D eigenvalue weighted by molar-refractivity contribution is 5.99. The van der Waals surface area contributed by atoms with Crippen LogP contribution >= 0.6 is 0 Å². The van der Waals surface area contributed by atoms with Gasteiger partial charge in [0.1, 0.15) is 5.92 Å². The lowest BCUT2D eigenvalue weighted by atomic mass is 10.0. The van der Waals surface area contributed by atoms with Gasteiger partial charge in [0.2, 0.25) is 12.3 Å². The highest BCUT2D eigenvalue weighted by Crippen LogP contribution is 2.49. The van der Waals surface area contributed by atoms with Crippen molar-refractivity contribution in [3.05, 3.63) is 48.2 Å². The molecule has 1 aliphatic heterocycles. The largest absolute Gasteiger partial charge is 0.351 e. The Hall–Kier alpha value is -4.16. The molecule has 4 heterocycles. The number of pyridine rings is 1. The van der Waals surface area contributed by atoms with E-state index < -0.39 is 17.7 Å². The third-order valence-corrected chi connectivity index (χ3v) is 7.85. The Balaban J connectivity index is 1.03. The zero-order valence-corrected chi connectivity index (χ0v) is 23.6. The number of halogens is 2. The van der Waals surface area contributed by atoms with Crippen molar-refractivity contribution in [3.8, 4) is 11.3 Å². The maximum atomic E-state index is 13.3. The van der Waals surface area contributed by atoms with Gasteiger partial charge in [0.25, 0.3) is 11.8 Å². The van der Waals surface area contributed by atoms with Gasteiger partial charge in [-0.2, -0.15) is 10.2 Å². The molecule has 0 spiro atoms. The summed E-state index contributed by atoms with van der Waals surface area (Å²) in [6.07, 6.45) is 10.3. The lowest BCUT2D eigenvalue weighted by Crippen LogP contribution is -2.40. The van der Waals surface area contributed by atoms with Crippen LogP contribution in [0, 0.1) is 12.8 Å². The number of hydrogen-bond acceptors (Lipinski definition) is 6. The molecule has 11 nitrogen and oxygen atoms in total. The van der Waals surface area contributed by atoms with Crippen molar-refractivity contribution in [2.24, 2.45) is 5.92 Å². The summed E-state index contributed by atoms with van der Waals surface area (Å²) in [6, 6.07) is 5.81. The first-order valence-electron chi connectivity index (χ1n) is 14.5. The van der Waals surface area contributed by atoms with E-state index in [1.165, 1.54) is 4.90 Å². The maximum absolute atomic E-state index is 13.3. The van der Waals surface area contributed by atoms with Crippen molar-refractivity contribution in [2.45, 2.75) is 70.4 Å². The summed E-state index contributed by atoms with van der Waals surface area (Å²) < 4.78 is 30.1. The van der Waals surface area contributed by atoms with Gasteiger partial charge in [0, 0.05) is 56.3 Å². The first kappa shape index (κ1) is 29.3. The highest BCUT2D eigenvalue weighted by Gasteiger charge is 2.62. The molecular formula is C29H36F2N8O3. The number of nitrogens with zero attached hydrogens (tertiary/aromatic N) is 6. The van der Waals surface area contributed by atoms with Gasteiger partial charge in [0.15, 0.2) is 5.69 Å². The number of piperidine rings is 1. The quantitative estimate of drug-likeness (QED) is 0.233. The van der Waals surface area contributed by atoms with Gasteiger partial charge in [-0.3, -0.25) is 28.7 Å². The molecule has 2 fully saturated rings. The summed E-state index contributed by atoms with van der Waals surface area (Å²) in [6.45, 7) is 3.93. The van der Waals surface area contributed by atoms with Crippen molar-refractivity contribution < 1.29 is 23.2 Å². The second-order valence-corrected chi connectivity index (χ2v) is 11.0. The molecule has 1 aliphatic carbocycles. The number of alkyl halides is 2. The van der Waals surface area contributed by atoms with Crippen molar-refractivity contribution in [1.82, 2.24) is 34.8 Å². The molecule has 5 rings (SSSR count). The summed E-state index contributed by atoms with van der Waals surface area (Å²) in [5, 5.41) is 14.3. The average Bonchev–Trinajstić information content (AvgIpc) is 3.31. The summed E-state index contributed by atoms with van der Waals surface area (Å²) in [5.41, 5.74) is 3.30. The van der Waals surface area contributed by atoms with E-state index in [4.69, 9.17) is 0 Å². The van der Waals surface area contributed by atoms with Gasteiger partial charge in [0.05, 0.1) is 23.6 Å². The number of anilines is 1. The third-order valence-electron chi connectivity index (χ3n) is 7.85. The summed E-state index contributed by atoms with van der Waals surface area (Å²) >= 11 is 0.